The molecule has 0 unspecified atom stereocenters. The van der Waals surface area contributed by atoms with Crippen molar-refractivity contribution in [3.63, 3.8) is 0 Å². The van der Waals surface area contributed by atoms with Crippen LogP contribution < -0.4 is 5.32 Å². The summed E-state index contributed by atoms with van der Waals surface area (Å²) in [6, 6.07) is 4.23. The van der Waals surface area contributed by atoms with Gasteiger partial charge >= 0.3 is 0 Å². The van der Waals surface area contributed by atoms with Crippen LogP contribution in [0.3, 0.4) is 0 Å². The van der Waals surface area contributed by atoms with Crippen LogP contribution in [0.2, 0.25) is 0 Å². The van der Waals surface area contributed by atoms with Crippen molar-refractivity contribution in [1.29, 1.82) is 0 Å². The van der Waals surface area contributed by atoms with E-state index in [1.54, 1.807) is 0 Å². The lowest BCUT2D eigenvalue weighted by Crippen LogP contribution is -2.47. The number of hydrogen-bond acceptors (Lipinski definition) is 3. The van der Waals surface area contributed by atoms with Gasteiger partial charge in [0.25, 0.3) is 0 Å². The Bertz CT molecular complexity index is 375. The van der Waals surface area contributed by atoms with Gasteiger partial charge in [-0.15, -0.1) is 0 Å². The highest BCUT2D eigenvalue weighted by atomic mass is 16.5. The Balaban J connectivity index is 1.69. The first kappa shape index (κ1) is 14.6. The summed E-state index contributed by atoms with van der Waals surface area (Å²) in [6.07, 6.45) is 2.41. The molecule has 0 amide bonds. The molecule has 1 saturated heterocycles. The average Bonchev–Trinajstić information content (AvgIpc) is 2.75. The van der Waals surface area contributed by atoms with Crippen LogP contribution in [0.15, 0.2) is 18.3 Å². The van der Waals surface area contributed by atoms with Crippen LogP contribution in [-0.2, 0) is 18.3 Å². The highest BCUT2D eigenvalue weighted by Crippen LogP contribution is 2.07. The number of rotatable bonds is 6. The highest BCUT2D eigenvalue weighted by molar-refractivity contribution is 5.05. The molecule has 1 N–H and O–H groups in total. The molecule has 1 fully saturated rings. The van der Waals surface area contributed by atoms with Gasteiger partial charge in [0.2, 0.25) is 0 Å². The van der Waals surface area contributed by atoms with Crippen molar-refractivity contribution in [2.45, 2.75) is 26.5 Å². The Morgan fingerprint density at radius 2 is 2.32 bits per heavy atom. The maximum Gasteiger partial charge on any atom is 0.0826 e. The van der Waals surface area contributed by atoms with E-state index in [1.807, 2.05) is 0 Å². The molecule has 1 aromatic heterocycles. The van der Waals surface area contributed by atoms with Gasteiger partial charge in [-0.1, -0.05) is 13.8 Å². The zero-order valence-corrected chi connectivity index (χ0v) is 12.4. The highest BCUT2D eigenvalue weighted by Gasteiger charge is 2.20. The summed E-state index contributed by atoms with van der Waals surface area (Å²) in [5.74, 6) is 0.732. The third-order valence-electron chi connectivity index (χ3n) is 3.58. The van der Waals surface area contributed by atoms with Crippen LogP contribution in [0.4, 0.5) is 0 Å². The fourth-order valence-corrected chi connectivity index (χ4v) is 2.63. The van der Waals surface area contributed by atoms with E-state index in [4.69, 9.17) is 4.74 Å². The first-order valence-electron chi connectivity index (χ1n) is 7.30. The number of hydrogen-bond donors (Lipinski definition) is 1. The first-order valence-corrected chi connectivity index (χ1v) is 7.30. The van der Waals surface area contributed by atoms with Crippen molar-refractivity contribution in [1.82, 2.24) is 14.8 Å². The van der Waals surface area contributed by atoms with Gasteiger partial charge in [-0.2, -0.15) is 0 Å². The largest absolute Gasteiger partial charge is 0.374 e. The molecular weight excluding hydrogens is 238 g/mol. The van der Waals surface area contributed by atoms with Gasteiger partial charge in [-0.25, -0.2) is 0 Å². The molecule has 1 atom stereocenters. The summed E-state index contributed by atoms with van der Waals surface area (Å²) < 4.78 is 7.98. The average molecular weight is 265 g/mol. The standard InChI is InChI=1S/C15H27N3O/c1-13(2)11-18-7-8-19-15(12-18)10-16-9-14-5-4-6-17(14)3/h4-6,13,15-16H,7-12H2,1-3H3/t15-/m0/s1. The molecule has 4 nitrogen and oxygen atoms in total. The maximum absolute atomic E-state index is 5.83. The molecule has 0 aromatic carbocycles. The third-order valence-corrected chi connectivity index (χ3v) is 3.58. The van der Waals surface area contributed by atoms with Crippen LogP contribution in [-0.4, -0.2) is 48.4 Å². The number of ether oxygens (including phenoxy) is 1. The molecule has 1 aromatic rings. The van der Waals surface area contributed by atoms with Gasteiger partial charge in [0.15, 0.2) is 0 Å². The lowest BCUT2D eigenvalue weighted by molar-refractivity contribution is -0.0304. The molecular formula is C15H27N3O. The predicted octanol–water partition coefficient (Wildman–Crippen LogP) is 1.47. The lowest BCUT2D eigenvalue weighted by Gasteiger charge is -2.34. The SMILES string of the molecule is CC(C)CN1CCO[C@@H](CNCc2cccn2C)C1. The lowest BCUT2D eigenvalue weighted by atomic mass is 10.2. The second kappa shape index (κ2) is 7.08. The van der Waals surface area contributed by atoms with E-state index in [1.165, 1.54) is 12.2 Å². The van der Waals surface area contributed by atoms with Crippen LogP contribution in [0.25, 0.3) is 0 Å². The Morgan fingerprint density at radius 1 is 1.47 bits per heavy atom. The summed E-state index contributed by atoms with van der Waals surface area (Å²) in [5.41, 5.74) is 1.31. The minimum atomic E-state index is 0.327. The van der Waals surface area contributed by atoms with Gasteiger partial charge in [0.05, 0.1) is 12.7 Å². The normalized spacial score (nSPS) is 21.2. The smallest absolute Gasteiger partial charge is 0.0826 e. The van der Waals surface area contributed by atoms with Crippen LogP contribution >= 0.6 is 0 Å². The minimum Gasteiger partial charge on any atom is -0.374 e. The van der Waals surface area contributed by atoms with E-state index in [0.29, 0.717) is 6.10 Å². The Kier molecular flexibility index (Phi) is 5.43. The molecule has 0 bridgehead atoms. The number of aromatic nitrogens is 1. The Hall–Kier alpha value is -0.840. The van der Waals surface area contributed by atoms with E-state index in [9.17, 15) is 0 Å². The molecule has 19 heavy (non-hydrogen) atoms. The molecule has 108 valence electrons. The van der Waals surface area contributed by atoms with Crippen LogP contribution in [0.5, 0.6) is 0 Å². The van der Waals surface area contributed by atoms with Crippen molar-refractivity contribution in [2.24, 2.45) is 13.0 Å². The van der Waals surface area contributed by atoms with E-state index in [0.717, 1.165) is 38.7 Å². The number of nitrogens with zero attached hydrogens (tertiary/aromatic N) is 2. The summed E-state index contributed by atoms with van der Waals surface area (Å²) in [6.45, 7) is 10.6. The fourth-order valence-electron chi connectivity index (χ4n) is 2.63. The van der Waals surface area contributed by atoms with Crippen LogP contribution in [0, 0.1) is 5.92 Å². The molecule has 0 spiro atoms. The monoisotopic (exact) mass is 265 g/mol. The fraction of sp³-hybridized carbons (Fsp3) is 0.733. The van der Waals surface area contributed by atoms with Crippen LogP contribution in [0.1, 0.15) is 19.5 Å². The summed E-state index contributed by atoms with van der Waals surface area (Å²) in [4.78, 5) is 2.52. The van der Waals surface area contributed by atoms with Crippen molar-refractivity contribution >= 4 is 0 Å². The zero-order chi connectivity index (χ0) is 13.7. The van der Waals surface area contributed by atoms with Gasteiger partial charge in [0, 0.05) is 51.7 Å². The maximum atomic E-state index is 5.83. The van der Waals surface area contributed by atoms with Crippen molar-refractivity contribution in [3.8, 4) is 0 Å². The van der Waals surface area contributed by atoms with Crippen molar-refractivity contribution in [3.05, 3.63) is 24.0 Å². The van der Waals surface area contributed by atoms with Gasteiger partial charge in [-0.3, -0.25) is 4.90 Å². The molecule has 1 aliphatic heterocycles. The number of nitrogens with one attached hydrogen (secondary N) is 1. The molecule has 2 rings (SSSR count). The van der Waals surface area contributed by atoms with E-state index in [-0.39, 0.29) is 0 Å². The Morgan fingerprint density at radius 3 is 3.00 bits per heavy atom. The van der Waals surface area contributed by atoms with Crippen molar-refractivity contribution < 1.29 is 4.74 Å². The van der Waals surface area contributed by atoms with Gasteiger partial charge < -0.3 is 14.6 Å². The second-order valence-electron chi connectivity index (χ2n) is 5.89. The van der Waals surface area contributed by atoms with Gasteiger partial charge in [-0.05, 0) is 18.1 Å². The van der Waals surface area contributed by atoms with Crippen molar-refractivity contribution in [2.75, 3.05) is 32.8 Å². The molecule has 0 aliphatic carbocycles. The molecule has 2 heterocycles. The topological polar surface area (TPSA) is 29.4 Å². The number of aryl methyl sites for hydroxylation is 1. The quantitative estimate of drug-likeness (QED) is 0.844. The summed E-state index contributed by atoms with van der Waals surface area (Å²) in [5, 5.41) is 3.50. The molecule has 0 saturated carbocycles. The third kappa shape index (κ3) is 4.64. The van der Waals surface area contributed by atoms with E-state index < -0.39 is 0 Å². The first-order chi connectivity index (χ1) is 9.15. The molecule has 1 aliphatic rings. The summed E-state index contributed by atoms with van der Waals surface area (Å²) in [7, 11) is 2.08. The number of morpholine rings is 1. The van der Waals surface area contributed by atoms with E-state index >= 15 is 0 Å². The molecule has 0 radical (unpaired) electrons. The summed E-state index contributed by atoms with van der Waals surface area (Å²) >= 11 is 0. The predicted molar refractivity (Wildman–Crippen MR) is 78.1 cm³/mol. The minimum absolute atomic E-state index is 0.327. The Labute approximate surface area is 116 Å². The van der Waals surface area contributed by atoms with Gasteiger partial charge in [0.1, 0.15) is 0 Å². The second-order valence-corrected chi connectivity index (χ2v) is 5.89. The molecule has 4 heteroatoms. The van der Waals surface area contributed by atoms with E-state index in [2.05, 4.69) is 54.0 Å². The zero-order valence-electron chi connectivity index (χ0n) is 12.4.